The first-order valence-electron chi connectivity index (χ1n) is 6.90. The zero-order valence-electron chi connectivity index (χ0n) is 11.8. The third-order valence-electron chi connectivity index (χ3n) is 3.11. The minimum absolute atomic E-state index is 0.0993. The number of ether oxygens (including phenoxy) is 1. The van der Waals surface area contributed by atoms with Crippen LogP contribution in [-0.2, 0) is 4.74 Å². The van der Waals surface area contributed by atoms with Gasteiger partial charge in [0.05, 0.1) is 12.7 Å². The van der Waals surface area contributed by atoms with Crippen LogP contribution in [0.4, 0.5) is 0 Å². The molecule has 3 heteroatoms. The van der Waals surface area contributed by atoms with E-state index in [0.29, 0.717) is 17.5 Å². The predicted molar refractivity (Wildman–Crippen MR) is 75.5 cm³/mol. The number of Topliss-reactive ketones (excluding diaryl/α,β-unsaturated/α-hetero) is 1. The second kappa shape index (κ2) is 8.46. The number of carbonyl (C=O) groups excluding carboxylic acids is 2. The lowest BCUT2D eigenvalue weighted by Gasteiger charge is -2.04. The van der Waals surface area contributed by atoms with Crippen LogP contribution in [0.25, 0.3) is 0 Å². The lowest BCUT2D eigenvalue weighted by Crippen LogP contribution is -2.04. The molecule has 0 aromatic heterocycles. The van der Waals surface area contributed by atoms with Gasteiger partial charge in [-0.15, -0.1) is 0 Å². The van der Waals surface area contributed by atoms with E-state index in [1.54, 1.807) is 24.3 Å². The molecule has 0 aliphatic rings. The van der Waals surface area contributed by atoms with E-state index in [4.69, 9.17) is 0 Å². The number of methoxy groups -OCH3 is 1. The summed E-state index contributed by atoms with van der Waals surface area (Å²) in [5, 5.41) is 0. The molecule has 1 aromatic carbocycles. The highest BCUT2D eigenvalue weighted by atomic mass is 16.5. The topological polar surface area (TPSA) is 43.4 Å². The molecule has 0 spiro atoms. The summed E-state index contributed by atoms with van der Waals surface area (Å²) < 4.78 is 4.65. The average Bonchev–Trinajstić information content (AvgIpc) is 2.46. The van der Waals surface area contributed by atoms with Gasteiger partial charge in [-0.25, -0.2) is 4.79 Å². The van der Waals surface area contributed by atoms with Crippen molar-refractivity contribution in [2.24, 2.45) is 0 Å². The third kappa shape index (κ3) is 5.25. The number of hydrogen-bond acceptors (Lipinski definition) is 3. The summed E-state index contributed by atoms with van der Waals surface area (Å²) in [6, 6.07) is 6.74. The van der Waals surface area contributed by atoms with Crippen LogP contribution in [0.5, 0.6) is 0 Å². The number of esters is 1. The average molecular weight is 262 g/mol. The van der Waals surface area contributed by atoms with Crippen molar-refractivity contribution in [3.63, 3.8) is 0 Å². The van der Waals surface area contributed by atoms with Crippen molar-refractivity contribution in [1.29, 1.82) is 0 Å². The molecule has 1 rings (SSSR count). The van der Waals surface area contributed by atoms with Gasteiger partial charge < -0.3 is 4.74 Å². The summed E-state index contributed by atoms with van der Waals surface area (Å²) in [5.41, 5.74) is 1.03. The van der Waals surface area contributed by atoms with Crippen molar-refractivity contribution in [1.82, 2.24) is 0 Å². The first kappa shape index (κ1) is 15.4. The molecule has 0 radical (unpaired) electrons. The molecule has 0 heterocycles. The number of unbranched alkanes of at least 4 members (excludes halogenated alkanes) is 4. The van der Waals surface area contributed by atoms with Crippen molar-refractivity contribution >= 4 is 11.8 Å². The first-order chi connectivity index (χ1) is 9.19. The van der Waals surface area contributed by atoms with Crippen LogP contribution in [0.3, 0.4) is 0 Å². The summed E-state index contributed by atoms with van der Waals surface area (Å²) >= 11 is 0. The molecule has 0 aliphatic carbocycles. The van der Waals surface area contributed by atoms with Crippen LogP contribution >= 0.6 is 0 Å². The maximum atomic E-state index is 12.0. The molecule has 0 aliphatic heterocycles. The van der Waals surface area contributed by atoms with E-state index in [0.717, 1.165) is 12.8 Å². The van der Waals surface area contributed by atoms with E-state index < -0.39 is 5.97 Å². The monoisotopic (exact) mass is 262 g/mol. The normalized spacial score (nSPS) is 10.2. The lowest BCUT2D eigenvalue weighted by atomic mass is 10.0. The molecule has 0 bridgehead atoms. The highest BCUT2D eigenvalue weighted by Crippen LogP contribution is 2.12. The molecule has 0 saturated carbocycles. The van der Waals surface area contributed by atoms with Crippen molar-refractivity contribution in [3.05, 3.63) is 35.4 Å². The fourth-order valence-electron chi connectivity index (χ4n) is 1.97. The lowest BCUT2D eigenvalue weighted by molar-refractivity contribution is 0.0600. The van der Waals surface area contributed by atoms with Gasteiger partial charge in [0.25, 0.3) is 0 Å². The summed E-state index contributed by atoms with van der Waals surface area (Å²) in [7, 11) is 1.34. The molecule has 1 aromatic rings. The van der Waals surface area contributed by atoms with Crippen LogP contribution in [0, 0.1) is 0 Å². The van der Waals surface area contributed by atoms with E-state index >= 15 is 0 Å². The summed E-state index contributed by atoms with van der Waals surface area (Å²) in [4.78, 5) is 23.4. The van der Waals surface area contributed by atoms with Gasteiger partial charge in [0.1, 0.15) is 0 Å². The number of ketones is 1. The zero-order valence-corrected chi connectivity index (χ0v) is 11.8. The Kier molecular flexibility index (Phi) is 6.86. The van der Waals surface area contributed by atoms with E-state index in [1.165, 1.54) is 26.4 Å². The van der Waals surface area contributed by atoms with Crippen molar-refractivity contribution < 1.29 is 14.3 Å². The van der Waals surface area contributed by atoms with E-state index in [-0.39, 0.29) is 5.78 Å². The summed E-state index contributed by atoms with van der Waals surface area (Å²) in [5.74, 6) is -0.306. The van der Waals surface area contributed by atoms with Crippen LogP contribution in [0.2, 0.25) is 0 Å². The van der Waals surface area contributed by atoms with E-state index in [1.807, 2.05) is 0 Å². The quantitative estimate of drug-likeness (QED) is 0.404. The fraction of sp³-hybridized carbons (Fsp3) is 0.500. The van der Waals surface area contributed by atoms with Crippen molar-refractivity contribution in [3.8, 4) is 0 Å². The maximum absolute atomic E-state index is 12.0. The molecule has 0 saturated heterocycles. The Morgan fingerprint density at radius 3 is 2.42 bits per heavy atom. The minimum atomic E-state index is -0.405. The van der Waals surface area contributed by atoms with Crippen LogP contribution in [-0.4, -0.2) is 18.9 Å². The molecule has 0 unspecified atom stereocenters. The molecular formula is C16H22O3. The fourth-order valence-corrected chi connectivity index (χ4v) is 1.97. The van der Waals surface area contributed by atoms with Gasteiger partial charge in [0, 0.05) is 12.0 Å². The Bertz CT molecular complexity index is 424. The van der Waals surface area contributed by atoms with Gasteiger partial charge in [-0.1, -0.05) is 44.7 Å². The maximum Gasteiger partial charge on any atom is 0.337 e. The van der Waals surface area contributed by atoms with Gasteiger partial charge in [-0.05, 0) is 18.6 Å². The van der Waals surface area contributed by atoms with Gasteiger partial charge in [-0.2, -0.15) is 0 Å². The van der Waals surface area contributed by atoms with Crippen molar-refractivity contribution in [2.45, 2.75) is 45.4 Å². The second-order valence-electron chi connectivity index (χ2n) is 4.66. The third-order valence-corrected chi connectivity index (χ3v) is 3.11. The van der Waals surface area contributed by atoms with Gasteiger partial charge in [0.15, 0.2) is 5.78 Å². The summed E-state index contributed by atoms with van der Waals surface area (Å²) in [6.07, 6.45) is 6.18. The molecule has 0 fully saturated rings. The van der Waals surface area contributed by atoms with Crippen LogP contribution in [0.1, 0.15) is 66.2 Å². The Balaban J connectivity index is 2.50. The van der Waals surface area contributed by atoms with Crippen LogP contribution < -0.4 is 0 Å². The highest BCUT2D eigenvalue weighted by Gasteiger charge is 2.10. The Morgan fingerprint density at radius 2 is 1.74 bits per heavy atom. The van der Waals surface area contributed by atoms with E-state index in [9.17, 15) is 9.59 Å². The molecule has 0 N–H and O–H groups in total. The van der Waals surface area contributed by atoms with Gasteiger partial charge in [0.2, 0.25) is 0 Å². The number of benzene rings is 1. The molecule has 0 atom stereocenters. The molecule has 3 nitrogen and oxygen atoms in total. The zero-order chi connectivity index (χ0) is 14.1. The summed E-state index contributed by atoms with van der Waals surface area (Å²) in [6.45, 7) is 2.17. The van der Waals surface area contributed by atoms with E-state index in [2.05, 4.69) is 11.7 Å². The molecule has 104 valence electrons. The Hall–Kier alpha value is -1.64. The SMILES string of the molecule is CCCCCCCC(=O)c1cccc(C(=O)OC)c1. The first-order valence-corrected chi connectivity index (χ1v) is 6.90. The highest BCUT2D eigenvalue weighted by molar-refractivity contribution is 5.99. The Morgan fingerprint density at radius 1 is 1.05 bits per heavy atom. The second-order valence-corrected chi connectivity index (χ2v) is 4.66. The standard InChI is InChI=1S/C16H22O3/c1-3-4-5-6-7-11-15(17)13-9-8-10-14(12-13)16(18)19-2/h8-10,12H,3-7,11H2,1-2H3. The predicted octanol–water partition coefficient (Wildman–Crippen LogP) is 4.02. The minimum Gasteiger partial charge on any atom is -0.465 e. The number of hydrogen-bond donors (Lipinski definition) is 0. The van der Waals surface area contributed by atoms with Crippen molar-refractivity contribution in [2.75, 3.05) is 7.11 Å². The number of rotatable bonds is 8. The molecule has 0 amide bonds. The van der Waals surface area contributed by atoms with Crippen LogP contribution in [0.15, 0.2) is 24.3 Å². The largest absolute Gasteiger partial charge is 0.465 e. The number of carbonyl (C=O) groups is 2. The van der Waals surface area contributed by atoms with Gasteiger partial charge in [-0.3, -0.25) is 4.79 Å². The smallest absolute Gasteiger partial charge is 0.337 e. The molecule has 19 heavy (non-hydrogen) atoms. The van der Waals surface area contributed by atoms with Gasteiger partial charge >= 0.3 is 5.97 Å². The Labute approximate surface area is 115 Å². The molecular weight excluding hydrogens is 240 g/mol.